The molecule has 1 aromatic heterocycles. The van der Waals surface area contributed by atoms with Crippen LogP contribution in [0.3, 0.4) is 0 Å². The quantitative estimate of drug-likeness (QED) is 0.168. The van der Waals surface area contributed by atoms with Crippen LogP contribution in [0.15, 0.2) is 77.2 Å². The Morgan fingerprint density at radius 1 is 0.604 bits per heavy atom. The highest BCUT2D eigenvalue weighted by atomic mass is 16.6. The highest BCUT2D eigenvalue weighted by molar-refractivity contribution is 7.01. The summed E-state index contributed by atoms with van der Waals surface area (Å²) in [5, 5.41) is 1.16. The fourth-order valence-corrected chi connectivity index (χ4v) is 9.12. The van der Waals surface area contributed by atoms with Crippen LogP contribution < -0.4 is 35.7 Å². The number of hydrogen-bond acceptors (Lipinski definition) is 5. The first kappa shape index (κ1) is 33.7. The van der Waals surface area contributed by atoms with E-state index in [2.05, 4.69) is 159 Å². The molecule has 0 saturated carbocycles. The molecule has 0 atom stereocenters. The molecule has 0 unspecified atom stereocenters. The highest BCUT2D eigenvalue weighted by Crippen LogP contribution is 2.51. The lowest BCUT2D eigenvalue weighted by Gasteiger charge is -2.44. The molecular formula is C47H49BN2O3. The Labute approximate surface area is 314 Å². The summed E-state index contributed by atoms with van der Waals surface area (Å²) in [7, 11) is 0. The van der Waals surface area contributed by atoms with Crippen molar-refractivity contribution in [3.63, 3.8) is 0 Å². The van der Waals surface area contributed by atoms with Crippen molar-refractivity contribution in [2.24, 2.45) is 0 Å². The van der Waals surface area contributed by atoms with Gasteiger partial charge in [-0.05, 0) is 120 Å². The fraction of sp³-hybridized carbons (Fsp3) is 0.319. The van der Waals surface area contributed by atoms with E-state index >= 15 is 0 Å². The molecule has 0 bridgehead atoms. The van der Waals surface area contributed by atoms with E-state index in [4.69, 9.17) is 13.9 Å². The van der Waals surface area contributed by atoms with Gasteiger partial charge in [-0.1, -0.05) is 84.0 Å². The van der Waals surface area contributed by atoms with Gasteiger partial charge in [-0.15, -0.1) is 0 Å². The van der Waals surface area contributed by atoms with Crippen molar-refractivity contribution in [2.45, 2.75) is 87.0 Å². The van der Waals surface area contributed by atoms with Crippen LogP contribution in [-0.2, 0) is 10.8 Å². The third kappa shape index (κ3) is 4.97. The van der Waals surface area contributed by atoms with Crippen LogP contribution in [-0.4, -0.2) is 19.9 Å². The maximum absolute atomic E-state index is 7.06. The maximum atomic E-state index is 7.06. The van der Waals surface area contributed by atoms with Gasteiger partial charge in [0.1, 0.15) is 18.8 Å². The minimum Gasteiger partial charge on any atom is -0.486 e. The normalized spacial score (nSPS) is 14.7. The largest absolute Gasteiger partial charge is 0.486 e. The molecule has 0 aliphatic carbocycles. The van der Waals surface area contributed by atoms with Gasteiger partial charge in [-0.25, -0.2) is 0 Å². The van der Waals surface area contributed by atoms with Crippen LogP contribution in [0.4, 0.5) is 34.3 Å². The molecule has 0 saturated heterocycles. The van der Waals surface area contributed by atoms with Crippen molar-refractivity contribution >= 4 is 68.4 Å². The van der Waals surface area contributed by atoms with E-state index in [1.54, 1.807) is 0 Å². The molecule has 0 amide bonds. The number of fused-ring (bicyclic) bond motifs is 7. The average molecular weight is 701 g/mol. The second kappa shape index (κ2) is 11.5. The summed E-state index contributed by atoms with van der Waals surface area (Å²) in [4.78, 5) is 4.95. The fourth-order valence-electron chi connectivity index (χ4n) is 9.12. The minimum atomic E-state index is -0.0451. The molecule has 0 fully saturated rings. The van der Waals surface area contributed by atoms with E-state index in [-0.39, 0.29) is 17.5 Å². The molecule has 3 aliphatic heterocycles. The molecule has 0 N–H and O–H groups in total. The number of ether oxygens (including phenoxy) is 2. The number of benzene rings is 5. The molecule has 268 valence electrons. The van der Waals surface area contributed by atoms with Crippen molar-refractivity contribution < 1.29 is 13.9 Å². The number of furan rings is 1. The van der Waals surface area contributed by atoms with Crippen LogP contribution in [0.1, 0.15) is 80.5 Å². The van der Waals surface area contributed by atoms with Gasteiger partial charge in [0.05, 0.1) is 11.4 Å². The topological polar surface area (TPSA) is 38.1 Å². The van der Waals surface area contributed by atoms with Crippen molar-refractivity contribution in [1.82, 2.24) is 0 Å². The number of nitrogens with zero attached hydrogens (tertiary/aromatic N) is 2. The van der Waals surface area contributed by atoms with Gasteiger partial charge in [0, 0.05) is 33.5 Å². The smallest absolute Gasteiger partial charge is 0.257 e. The van der Waals surface area contributed by atoms with Crippen LogP contribution in [0.5, 0.6) is 11.5 Å². The zero-order valence-electron chi connectivity index (χ0n) is 33.0. The predicted molar refractivity (Wildman–Crippen MR) is 222 cm³/mol. The van der Waals surface area contributed by atoms with E-state index < -0.39 is 0 Å². The van der Waals surface area contributed by atoms with Crippen molar-refractivity contribution in [1.29, 1.82) is 0 Å². The first-order valence-electron chi connectivity index (χ1n) is 19.1. The van der Waals surface area contributed by atoms with Crippen LogP contribution in [0.2, 0.25) is 0 Å². The lowest BCUT2D eigenvalue weighted by Crippen LogP contribution is -2.61. The molecular weight excluding hydrogens is 651 g/mol. The van der Waals surface area contributed by atoms with E-state index in [1.807, 2.05) is 0 Å². The Bertz CT molecular complexity index is 2490. The van der Waals surface area contributed by atoms with Gasteiger partial charge in [-0.3, -0.25) is 4.90 Å². The molecule has 4 heterocycles. The first-order chi connectivity index (χ1) is 25.1. The van der Waals surface area contributed by atoms with E-state index in [0.29, 0.717) is 13.2 Å². The molecule has 6 aromatic rings. The molecule has 0 spiro atoms. The van der Waals surface area contributed by atoms with Gasteiger partial charge in [0.2, 0.25) is 5.88 Å². The van der Waals surface area contributed by atoms with Crippen molar-refractivity contribution in [2.75, 3.05) is 23.0 Å². The summed E-state index contributed by atoms with van der Waals surface area (Å²) in [5.74, 6) is 2.57. The van der Waals surface area contributed by atoms with Crippen LogP contribution in [0, 0.1) is 34.6 Å². The molecule has 9 rings (SSSR count). The Balaban J connectivity index is 1.42. The van der Waals surface area contributed by atoms with Gasteiger partial charge in [-0.2, -0.15) is 0 Å². The molecule has 5 aromatic carbocycles. The van der Waals surface area contributed by atoms with Gasteiger partial charge in [0.25, 0.3) is 6.71 Å². The van der Waals surface area contributed by atoms with Crippen molar-refractivity contribution in [3.05, 3.63) is 112 Å². The van der Waals surface area contributed by atoms with E-state index in [9.17, 15) is 0 Å². The number of rotatable bonds is 2. The number of para-hydroxylation sites is 1. The molecule has 0 radical (unpaired) electrons. The Morgan fingerprint density at radius 2 is 1.25 bits per heavy atom. The van der Waals surface area contributed by atoms with E-state index in [1.165, 1.54) is 61.3 Å². The summed E-state index contributed by atoms with van der Waals surface area (Å²) in [6.45, 7) is 26.0. The van der Waals surface area contributed by atoms with Gasteiger partial charge < -0.3 is 18.8 Å². The zero-order chi connectivity index (χ0) is 37.3. The summed E-state index contributed by atoms with van der Waals surface area (Å²) in [6, 6.07) is 27.4. The lowest BCUT2D eigenvalue weighted by molar-refractivity contribution is 0.170. The molecule has 6 heteroatoms. The zero-order valence-corrected chi connectivity index (χ0v) is 33.0. The summed E-state index contributed by atoms with van der Waals surface area (Å²) in [6.07, 6.45) is 0. The second-order valence-corrected chi connectivity index (χ2v) is 17.6. The molecule has 53 heavy (non-hydrogen) atoms. The number of hydrogen-bond donors (Lipinski definition) is 0. The third-order valence-corrected chi connectivity index (χ3v) is 11.6. The number of anilines is 6. The molecule has 3 aliphatic rings. The molecule has 5 nitrogen and oxygen atoms in total. The van der Waals surface area contributed by atoms with Crippen LogP contribution >= 0.6 is 0 Å². The van der Waals surface area contributed by atoms with Gasteiger partial charge in [0.15, 0.2) is 11.5 Å². The first-order valence-corrected chi connectivity index (χ1v) is 19.1. The Hall–Kier alpha value is -5.10. The van der Waals surface area contributed by atoms with Crippen LogP contribution in [0.25, 0.3) is 11.0 Å². The average Bonchev–Trinajstić information content (AvgIpc) is 3.48. The summed E-state index contributed by atoms with van der Waals surface area (Å²) < 4.78 is 19.5. The lowest BCUT2D eigenvalue weighted by atomic mass is 9.33. The monoisotopic (exact) mass is 700 g/mol. The van der Waals surface area contributed by atoms with Gasteiger partial charge >= 0.3 is 0 Å². The van der Waals surface area contributed by atoms with E-state index in [0.717, 1.165) is 50.9 Å². The second-order valence-electron chi connectivity index (χ2n) is 17.6. The minimum absolute atomic E-state index is 0.0301. The predicted octanol–water partition coefficient (Wildman–Crippen LogP) is 10.4. The maximum Gasteiger partial charge on any atom is 0.257 e. The standard InChI is InChI=1S/C47H49BN2O3/c1-26-20-36-41-37(21-26)50(42-27(2)22-32(23-28(42)3)47(9,10)11)45-40(33-14-12-13-15-38(33)53-45)48(41)34-25-31(46(6,7)8)16-17-35(34)49(36)43-29(4)24-39-44(30(43)5)52-19-18-51-39/h12-17,20-25H,18-19H2,1-11H3. The van der Waals surface area contributed by atoms with Crippen molar-refractivity contribution in [3.8, 4) is 11.5 Å². The Morgan fingerprint density at radius 3 is 1.94 bits per heavy atom. The highest BCUT2D eigenvalue weighted by Gasteiger charge is 2.47. The summed E-state index contributed by atoms with van der Waals surface area (Å²) >= 11 is 0. The SMILES string of the molecule is Cc1cc2c3c(c1)N(c1c(C)cc(C(C)(C)C)cc1C)c1oc4ccccc4c1B3c1cc(C(C)(C)C)ccc1N2c1c(C)cc2c(c1C)OCCO2. The Kier molecular flexibility index (Phi) is 7.29. The number of aryl methyl sites for hydroxylation is 4. The summed E-state index contributed by atoms with van der Waals surface area (Å²) in [5.41, 5.74) is 19.1. The third-order valence-electron chi connectivity index (χ3n) is 11.6.